The summed E-state index contributed by atoms with van der Waals surface area (Å²) < 4.78 is 29.1. The minimum Gasteiger partial charge on any atom is -0.369 e. The third-order valence-corrected chi connectivity index (χ3v) is 5.25. The van der Waals surface area contributed by atoms with Crippen molar-refractivity contribution in [2.75, 3.05) is 18.1 Å². The highest BCUT2D eigenvalue weighted by molar-refractivity contribution is 7.97. The van der Waals surface area contributed by atoms with Gasteiger partial charge in [-0.15, -0.1) is 0 Å². The Hall–Kier alpha value is -2.68. The summed E-state index contributed by atoms with van der Waals surface area (Å²) in [6, 6.07) is 6.66. The molecule has 2 aromatic rings. The molecular weight excluding hydrogens is 360 g/mol. The quantitative estimate of drug-likeness (QED) is 0.804. The fraction of sp³-hybridized carbons (Fsp3) is 0.235. The van der Waals surface area contributed by atoms with E-state index in [1.165, 1.54) is 36.2 Å². The SMILES string of the molecule is CN1SC[C@@](C)(c2cc(NC(=O)c3ccc(F)cn3)ccc2F)N=C1N. The van der Waals surface area contributed by atoms with E-state index in [0.29, 0.717) is 23.0 Å². The van der Waals surface area contributed by atoms with E-state index in [9.17, 15) is 13.6 Å². The van der Waals surface area contributed by atoms with Crippen LogP contribution in [0.25, 0.3) is 0 Å². The van der Waals surface area contributed by atoms with Crippen LogP contribution in [0.5, 0.6) is 0 Å². The van der Waals surface area contributed by atoms with Crippen LogP contribution in [0.3, 0.4) is 0 Å². The Morgan fingerprint density at radius 2 is 2.12 bits per heavy atom. The molecule has 0 saturated heterocycles. The van der Waals surface area contributed by atoms with Crippen LogP contribution in [-0.4, -0.2) is 34.0 Å². The number of pyridine rings is 1. The molecule has 26 heavy (non-hydrogen) atoms. The predicted octanol–water partition coefficient (Wildman–Crippen LogP) is 2.74. The highest BCUT2D eigenvalue weighted by Crippen LogP contribution is 2.36. The Balaban J connectivity index is 1.88. The van der Waals surface area contributed by atoms with Crippen molar-refractivity contribution in [1.29, 1.82) is 0 Å². The monoisotopic (exact) mass is 377 g/mol. The molecule has 9 heteroatoms. The van der Waals surface area contributed by atoms with E-state index in [1.807, 2.05) is 0 Å². The molecule has 2 heterocycles. The molecule has 1 aromatic carbocycles. The number of carbonyl (C=O) groups is 1. The number of rotatable bonds is 3. The summed E-state index contributed by atoms with van der Waals surface area (Å²) in [7, 11) is 1.78. The molecule has 0 radical (unpaired) electrons. The van der Waals surface area contributed by atoms with E-state index in [2.05, 4.69) is 15.3 Å². The number of carbonyl (C=O) groups excluding carboxylic acids is 1. The van der Waals surface area contributed by atoms with Gasteiger partial charge in [0, 0.05) is 24.1 Å². The third kappa shape index (κ3) is 3.62. The lowest BCUT2D eigenvalue weighted by atomic mass is 9.93. The molecule has 6 nitrogen and oxygen atoms in total. The van der Waals surface area contributed by atoms with Gasteiger partial charge in [-0.05, 0) is 49.2 Å². The number of anilines is 1. The molecular formula is C17H17F2N5OS. The van der Waals surface area contributed by atoms with Gasteiger partial charge in [0.15, 0.2) is 0 Å². The van der Waals surface area contributed by atoms with Crippen LogP contribution in [0.15, 0.2) is 41.5 Å². The highest BCUT2D eigenvalue weighted by atomic mass is 32.2. The van der Waals surface area contributed by atoms with Gasteiger partial charge in [0.2, 0.25) is 5.96 Å². The van der Waals surface area contributed by atoms with E-state index in [0.717, 1.165) is 12.3 Å². The Morgan fingerprint density at radius 1 is 1.35 bits per heavy atom. The number of aliphatic imine (C=N–C) groups is 1. The first-order valence-electron chi connectivity index (χ1n) is 7.73. The molecule has 3 rings (SSSR count). The first kappa shape index (κ1) is 18.1. The summed E-state index contributed by atoms with van der Waals surface area (Å²) in [6.45, 7) is 1.78. The lowest BCUT2D eigenvalue weighted by Crippen LogP contribution is -2.40. The zero-order valence-electron chi connectivity index (χ0n) is 14.2. The van der Waals surface area contributed by atoms with Crippen molar-refractivity contribution in [3.63, 3.8) is 0 Å². The smallest absolute Gasteiger partial charge is 0.274 e. The second kappa shape index (κ2) is 6.91. The zero-order valence-corrected chi connectivity index (χ0v) is 15.0. The molecule has 1 atom stereocenters. The van der Waals surface area contributed by atoms with Gasteiger partial charge in [0.1, 0.15) is 22.9 Å². The Bertz CT molecular complexity index is 874. The van der Waals surface area contributed by atoms with Gasteiger partial charge in [-0.25, -0.2) is 18.8 Å². The van der Waals surface area contributed by atoms with Crippen LogP contribution < -0.4 is 11.1 Å². The maximum atomic E-state index is 14.4. The van der Waals surface area contributed by atoms with Crippen molar-refractivity contribution in [3.05, 3.63) is 59.4 Å². The van der Waals surface area contributed by atoms with Crippen molar-refractivity contribution in [3.8, 4) is 0 Å². The van der Waals surface area contributed by atoms with Crippen LogP contribution in [0, 0.1) is 11.6 Å². The number of aromatic nitrogens is 1. The molecule has 0 saturated carbocycles. The largest absolute Gasteiger partial charge is 0.369 e. The summed E-state index contributed by atoms with van der Waals surface area (Å²) in [5, 5.41) is 2.63. The first-order valence-corrected chi connectivity index (χ1v) is 8.68. The first-order chi connectivity index (χ1) is 12.3. The van der Waals surface area contributed by atoms with Crippen molar-refractivity contribution in [2.24, 2.45) is 10.7 Å². The molecule has 0 bridgehead atoms. The summed E-state index contributed by atoms with van der Waals surface area (Å²) in [5.74, 6) is -0.694. The summed E-state index contributed by atoms with van der Waals surface area (Å²) in [5.41, 5.74) is 5.78. The highest BCUT2D eigenvalue weighted by Gasteiger charge is 2.34. The van der Waals surface area contributed by atoms with Crippen molar-refractivity contribution < 1.29 is 13.6 Å². The van der Waals surface area contributed by atoms with E-state index in [-0.39, 0.29) is 5.69 Å². The maximum absolute atomic E-state index is 14.4. The van der Waals surface area contributed by atoms with E-state index in [1.54, 1.807) is 18.3 Å². The normalized spacial score (nSPS) is 19.8. The summed E-state index contributed by atoms with van der Waals surface area (Å²) >= 11 is 1.43. The summed E-state index contributed by atoms with van der Waals surface area (Å²) in [6.07, 6.45) is 0.958. The molecule has 1 aliphatic heterocycles. The topological polar surface area (TPSA) is 83.6 Å². The molecule has 1 aliphatic rings. The molecule has 0 aliphatic carbocycles. The van der Waals surface area contributed by atoms with Crippen molar-refractivity contribution >= 4 is 29.5 Å². The number of halogens is 2. The molecule has 3 N–H and O–H groups in total. The van der Waals surface area contributed by atoms with Crippen LogP contribution >= 0.6 is 11.9 Å². The third-order valence-electron chi connectivity index (χ3n) is 3.99. The minimum atomic E-state index is -0.861. The molecule has 1 amide bonds. The molecule has 1 aromatic heterocycles. The number of guanidine groups is 1. The van der Waals surface area contributed by atoms with Gasteiger partial charge in [-0.2, -0.15) is 0 Å². The van der Waals surface area contributed by atoms with E-state index < -0.39 is 23.1 Å². The fourth-order valence-corrected chi connectivity index (χ4v) is 3.34. The minimum absolute atomic E-state index is 0.0561. The van der Waals surface area contributed by atoms with Crippen LogP contribution in [-0.2, 0) is 5.54 Å². The average Bonchev–Trinajstić information content (AvgIpc) is 2.60. The Morgan fingerprint density at radius 3 is 2.77 bits per heavy atom. The van der Waals surface area contributed by atoms with Crippen LogP contribution in [0.1, 0.15) is 23.0 Å². The zero-order chi connectivity index (χ0) is 18.9. The fourth-order valence-electron chi connectivity index (χ4n) is 2.50. The van der Waals surface area contributed by atoms with Crippen molar-refractivity contribution in [2.45, 2.75) is 12.5 Å². The average molecular weight is 377 g/mol. The standard InChI is InChI=1S/C17H17F2N5OS/c1-17(9-26-24(2)16(20)23-17)12-7-11(4-5-13(12)19)22-15(25)14-6-3-10(18)8-21-14/h3-8H,9H2,1-2H3,(H2,20,23)(H,22,25)/t17-/m0/s1. The second-order valence-corrected chi connectivity index (χ2v) is 7.12. The lowest BCUT2D eigenvalue weighted by molar-refractivity contribution is 0.102. The second-order valence-electron chi connectivity index (χ2n) is 6.03. The van der Waals surface area contributed by atoms with E-state index >= 15 is 0 Å². The number of nitrogens with one attached hydrogen (secondary N) is 1. The van der Waals surface area contributed by atoms with Crippen molar-refractivity contribution in [1.82, 2.24) is 9.29 Å². The van der Waals surface area contributed by atoms with Gasteiger partial charge in [-0.1, -0.05) is 0 Å². The van der Waals surface area contributed by atoms with E-state index in [4.69, 9.17) is 5.73 Å². The molecule has 0 unspecified atom stereocenters. The number of hydrogen-bond acceptors (Lipinski definition) is 6. The van der Waals surface area contributed by atoms with Gasteiger partial charge in [0.05, 0.1) is 6.20 Å². The molecule has 0 spiro atoms. The van der Waals surface area contributed by atoms with Gasteiger partial charge < -0.3 is 11.1 Å². The van der Waals surface area contributed by atoms with Gasteiger partial charge in [0.25, 0.3) is 5.91 Å². The van der Waals surface area contributed by atoms with Gasteiger partial charge in [-0.3, -0.25) is 9.10 Å². The van der Waals surface area contributed by atoms with Crippen LogP contribution in [0.2, 0.25) is 0 Å². The summed E-state index contributed by atoms with van der Waals surface area (Å²) in [4.78, 5) is 20.4. The Kier molecular flexibility index (Phi) is 4.82. The van der Waals surface area contributed by atoms with Gasteiger partial charge >= 0.3 is 0 Å². The number of nitrogens with zero attached hydrogens (tertiary/aromatic N) is 3. The van der Waals surface area contributed by atoms with Crippen LogP contribution in [0.4, 0.5) is 14.5 Å². The predicted molar refractivity (Wildman–Crippen MR) is 97.7 cm³/mol. The lowest BCUT2D eigenvalue weighted by Gasteiger charge is -2.34. The number of amides is 1. The number of hydrogen-bond donors (Lipinski definition) is 2. The molecule has 0 fully saturated rings. The number of nitrogens with two attached hydrogens (primary N) is 1. The molecule has 136 valence electrons. The Labute approximate surface area is 153 Å². The maximum Gasteiger partial charge on any atom is 0.274 e. The number of benzene rings is 1.